The molecule has 2 spiro atoms. The van der Waals surface area contributed by atoms with Crippen LogP contribution in [0.1, 0.15) is 107 Å². The third-order valence-corrected chi connectivity index (χ3v) is 13.1. The van der Waals surface area contributed by atoms with Crippen LogP contribution in [0.15, 0.2) is 0 Å². The van der Waals surface area contributed by atoms with Crippen molar-refractivity contribution < 1.29 is 24.9 Å². The lowest BCUT2D eigenvalue weighted by atomic mass is 9.46. The lowest BCUT2D eigenvalue weighted by Gasteiger charge is -2.59. The number of carbonyl (C=O) groups is 1. The third-order valence-electron chi connectivity index (χ3n) is 13.1. The predicted octanol–water partition coefficient (Wildman–Crippen LogP) is 5.88. The molecule has 1 aliphatic heterocycles. The molecule has 6 rings (SSSR count). The fourth-order valence-corrected chi connectivity index (χ4v) is 11.6. The summed E-state index contributed by atoms with van der Waals surface area (Å²) in [4.78, 5) is 12.8. The second-order valence-corrected chi connectivity index (χ2v) is 14.5. The van der Waals surface area contributed by atoms with Crippen LogP contribution >= 0.6 is 0 Å². The molecule has 11 atom stereocenters. The Morgan fingerprint density at radius 2 is 1.43 bits per heavy atom. The first-order valence-electron chi connectivity index (χ1n) is 15.0. The Hall–Kier alpha value is -1.37. The highest BCUT2D eigenvalue weighted by Crippen LogP contribution is 2.89. The van der Waals surface area contributed by atoms with Crippen LogP contribution in [0.5, 0.6) is 0 Å². The smallest absolute Gasteiger partial charge is 0.192 e. The number of rotatable bonds is 2. The molecule has 5 unspecified atom stereocenters. The van der Waals surface area contributed by atoms with E-state index >= 15 is 0 Å². The molecule has 3 N–H and O–H groups in total. The van der Waals surface area contributed by atoms with E-state index in [1.165, 1.54) is 32.1 Å². The maximum atomic E-state index is 12.8. The van der Waals surface area contributed by atoms with Crippen LogP contribution in [-0.4, -0.2) is 52.1 Å². The van der Waals surface area contributed by atoms with Crippen molar-refractivity contribution in [2.24, 2.45) is 51.2 Å². The SMILES string of the molecule is C.C#C.C#C.CO.C[C@@H]1C23CC[C@H](O)C(C)(C)C2CC[C@H]2C4CC5O[C@@H](C(=O)C(C)(C)O)CCC5[C@@]4(C)CC[C@]123. The lowest BCUT2D eigenvalue weighted by Crippen LogP contribution is -2.54. The van der Waals surface area contributed by atoms with Gasteiger partial charge in [-0.2, -0.15) is 0 Å². The van der Waals surface area contributed by atoms with Crippen molar-refractivity contribution in [2.45, 2.75) is 131 Å². The molecule has 5 aliphatic carbocycles. The number of aliphatic hydroxyl groups is 3. The van der Waals surface area contributed by atoms with E-state index in [0.717, 1.165) is 44.6 Å². The van der Waals surface area contributed by atoms with Gasteiger partial charge in [0.15, 0.2) is 5.78 Å². The first kappa shape index (κ1) is 34.8. The average Bonchev–Trinajstić information content (AvgIpc) is 3.31. The number of Topliss-reactive ketones (excluding diaryl/α,β-unsaturated/α-hetero) is 1. The maximum absolute atomic E-state index is 12.8. The van der Waals surface area contributed by atoms with Gasteiger partial charge in [0.2, 0.25) is 0 Å². The lowest BCUT2D eigenvalue weighted by molar-refractivity contribution is -0.161. The molecule has 0 aromatic heterocycles. The first-order chi connectivity index (χ1) is 18.3. The minimum atomic E-state index is -1.32. The summed E-state index contributed by atoms with van der Waals surface area (Å²) in [7, 11) is 1.00. The van der Waals surface area contributed by atoms with Gasteiger partial charge in [0, 0.05) is 7.11 Å². The molecule has 5 nitrogen and oxygen atoms in total. The molecule has 5 heteroatoms. The van der Waals surface area contributed by atoms with Gasteiger partial charge in [-0.15, -0.1) is 25.7 Å². The van der Waals surface area contributed by atoms with Gasteiger partial charge in [-0.3, -0.25) is 4.79 Å². The van der Waals surface area contributed by atoms with Gasteiger partial charge in [-0.1, -0.05) is 35.1 Å². The van der Waals surface area contributed by atoms with E-state index in [9.17, 15) is 15.0 Å². The zero-order valence-corrected chi connectivity index (χ0v) is 25.5. The summed E-state index contributed by atoms with van der Waals surface area (Å²) in [6.45, 7) is 13.0. The summed E-state index contributed by atoms with van der Waals surface area (Å²) in [6.07, 6.45) is 25.9. The average molecular weight is 559 g/mol. The number of terminal acetylenes is 2. The molecule has 0 radical (unpaired) electrons. The van der Waals surface area contributed by atoms with Crippen LogP contribution in [0.3, 0.4) is 0 Å². The van der Waals surface area contributed by atoms with Crippen molar-refractivity contribution in [3.63, 3.8) is 0 Å². The van der Waals surface area contributed by atoms with E-state index in [4.69, 9.17) is 9.84 Å². The molecule has 228 valence electrons. The number of ketones is 1. The van der Waals surface area contributed by atoms with E-state index in [0.29, 0.717) is 34.0 Å². The Balaban J connectivity index is 0.000000753. The van der Waals surface area contributed by atoms with E-state index in [1.54, 1.807) is 13.8 Å². The maximum Gasteiger partial charge on any atom is 0.192 e. The summed E-state index contributed by atoms with van der Waals surface area (Å²) in [6, 6.07) is 0. The standard InChI is InChI=1S/C29H46O4.2C2H2.CH4O.CH4/c1-16-28-14-13-27(6)18-7-9-20(24(31)26(4,5)32)33-21(18)15-19(27)17(28)8-10-22-25(2,3)23(30)11-12-29(16,22)28;3*1-2;/h16-23,30,32H,7-15H2,1-6H3;2*1-2H;2H,1H3;1H4/t16-,17-,18?,19?,20+,21?,22?,23-,27+,28-,29?;;;;/m0..../s1. The molecule has 0 bridgehead atoms. The molecule has 40 heavy (non-hydrogen) atoms. The largest absolute Gasteiger partial charge is 0.400 e. The second-order valence-electron chi connectivity index (χ2n) is 14.5. The number of hydrogen-bond donors (Lipinski definition) is 3. The van der Waals surface area contributed by atoms with Crippen LogP contribution in [0.25, 0.3) is 0 Å². The Bertz CT molecular complexity index is 938. The van der Waals surface area contributed by atoms with Crippen molar-refractivity contribution in [1.29, 1.82) is 0 Å². The molecule has 1 heterocycles. The van der Waals surface area contributed by atoms with Gasteiger partial charge < -0.3 is 20.1 Å². The zero-order valence-electron chi connectivity index (χ0n) is 25.5. The summed E-state index contributed by atoms with van der Waals surface area (Å²) in [5.41, 5.74) is -0.0622. The molecule has 0 aromatic carbocycles. The Morgan fingerprint density at radius 1 is 0.850 bits per heavy atom. The van der Waals surface area contributed by atoms with Crippen LogP contribution in [0.2, 0.25) is 0 Å². The number of carbonyl (C=O) groups excluding carboxylic acids is 1. The second kappa shape index (κ2) is 11.7. The molecule has 5 saturated carbocycles. The Morgan fingerprint density at radius 3 is 2.00 bits per heavy atom. The monoisotopic (exact) mass is 558 g/mol. The van der Waals surface area contributed by atoms with Crippen LogP contribution in [0.4, 0.5) is 0 Å². The summed E-state index contributed by atoms with van der Waals surface area (Å²) in [5.74, 6) is 3.29. The number of ether oxygens (including phenoxy) is 1. The van der Waals surface area contributed by atoms with E-state index in [-0.39, 0.29) is 30.8 Å². The molecule has 0 amide bonds. The van der Waals surface area contributed by atoms with Gasteiger partial charge in [0.05, 0.1) is 12.2 Å². The normalized spacial score (nSPS) is 47.0. The summed E-state index contributed by atoms with van der Waals surface area (Å²) in [5, 5.41) is 28.2. The molecule has 6 aliphatic rings. The van der Waals surface area contributed by atoms with Crippen molar-refractivity contribution in [3.05, 3.63) is 0 Å². The van der Waals surface area contributed by atoms with Crippen LogP contribution in [0, 0.1) is 76.9 Å². The van der Waals surface area contributed by atoms with E-state index < -0.39 is 11.7 Å². The van der Waals surface area contributed by atoms with Gasteiger partial charge in [-0.05, 0) is 123 Å². The minimum absolute atomic E-state index is 0. The Kier molecular flexibility index (Phi) is 10.2. The highest BCUT2D eigenvalue weighted by Gasteiger charge is 2.84. The van der Waals surface area contributed by atoms with Crippen molar-refractivity contribution >= 4 is 5.78 Å². The third kappa shape index (κ3) is 4.41. The fraction of sp³-hybridized carbons (Fsp3) is 0.857. The zero-order chi connectivity index (χ0) is 29.8. The topological polar surface area (TPSA) is 87.0 Å². The van der Waals surface area contributed by atoms with Gasteiger partial charge in [0.1, 0.15) is 11.7 Å². The highest BCUT2D eigenvalue weighted by molar-refractivity contribution is 5.90. The van der Waals surface area contributed by atoms with Crippen LogP contribution in [-0.2, 0) is 9.53 Å². The summed E-state index contributed by atoms with van der Waals surface area (Å²) >= 11 is 0. The quantitative estimate of drug-likeness (QED) is 0.368. The number of hydrogen-bond acceptors (Lipinski definition) is 5. The molecule has 1 saturated heterocycles. The van der Waals surface area contributed by atoms with E-state index in [2.05, 4.69) is 53.4 Å². The molecule has 6 fully saturated rings. The minimum Gasteiger partial charge on any atom is -0.400 e. The number of fused-ring (bicyclic) bond motifs is 4. The number of aliphatic hydroxyl groups excluding tert-OH is 2. The van der Waals surface area contributed by atoms with Crippen molar-refractivity contribution in [3.8, 4) is 25.7 Å². The van der Waals surface area contributed by atoms with Gasteiger partial charge in [-0.25, -0.2) is 0 Å². The van der Waals surface area contributed by atoms with Gasteiger partial charge in [0.25, 0.3) is 0 Å². The first-order valence-corrected chi connectivity index (χ1v) is 15.0. The summed E-state index contributed by atoms with van der Waals surface area (Å²) < 4.78 is 6.52. The van der Waals surface area contributed by atoms with Crippen molar-refractivity contribution in [2.75, 3.05) is 7.11 Å². The molecular weight excluding hydrogens is 500 g/mol. The predicted molar refractivity (Wildman–Crippen MR) is 162 cm³/mol. The van der Waals surface area contributed by atoms with Crippen molar-refractivity contribution in [1.82, 2.24) is 0 Å². The van der Waals surface area contributed by atoms with Crippen LogP contribution < -0.4 is 0 Å². The molecular formula is C35H58O5. The molecule has 0 aromatic rings. The van der Waals surface area contributed by atoms with E-state index in [1.807, 2.05) is 0 Å². The highest BCUT2D eigenvalue weighted by atomic mass is 16.5. The van der Waals surface area contributed by atoms with Gasteiger partial charge >= 0.3 is 0 Å². The Labute approximate surface area is 245 Å². The fourth-order valence-electron chi connectivity index (χ4n) is 11.6.